The minimum Gasteiger partial charge on any atom is -0.462 e. The molecule has 0 bridgehead atoms. The number of unbranched alkanes of at least 4 members (excludes halogenated alkanes) is 15. The summed E-state index contributed by atoms with van der Waals surface area (Å²) in [6, 6.07) is 0. The van der Waals surface area contributed by atoms with E-state index in [-0.39, 0.29) is 44.0 Å². The molecule has 0 N–H and O–H groups in total. The maximum Gasteiger partial charge on any atom is 0.306 e. The highest BCUT2D eigenvalue weighted by molar-refractivity contribution is 5.71. The Morgan fingerprint density at radius 1 is 0.304 bits per heavy atom. The first-order valence-corrected chi connectivity index (χ1v) is 27.7. The van der Waals surface area contributed by atoms with Crippen molar-refractivity contribution in [1.29, 1.82) is 0 Å². The molecule has 0 amide bonds. The van der Waals surface area contributed by atoms with Gasteiger partial charge in [0.05, 0.1) is 0 Å². The summed E-state index contributed by atoms with van der Waals surface area (Å²) in [6.45, 7) is 6.31. The summed E-state index contributed by atoms with van der Waals surface area (Å²) >= 11 is 0. The van der Waals surface area contributed by atoms with Crippen molar-refractivity contribution in [3.63, 3.8) is 0 Å². The monoisotopic (exact) mass is 953 g/mol. The van der Waals surface area contributed by atoms with E-state index >= 15 is 0 Å². The highest BCUT2D eigenvalue weighted by Gasteiger charge is 2.19. The Balaban J connectivity index is 4.58. The van der Waals surface area contributed by atoms with Crippen molar-refractivity contribution in [1.82, 2.24) is 0 Å². The quantitative estimate of drug-likeness (QED) is 0.0262. The molecule has 0 fully saturated rings. The van der Waals surface area contributed by atoms with E-state index in [9.17, 15) is 14.4 Å². The third-order valence-electron chi connectivity index (χ3n) is 11.2. The van der Waals surface area contributed by atoms with Gasteiger partial charge in [-0.25, -0.2) is 0 Å². The molecular formula is C63H100O6. The van der Waals surface area contributed by atoms with Crippen LogP contribution in [0.5, 0.6) is 0 Å². The summed E-state index contributed by atoms with van der Waals surface area (Å²) in [4.78, 5) is 38.1. The lowest BCUT2D eigenvalue weighted by molar-refractivity contribution is -0.166. The average Bonchev–Trinajstić information content (AvgIpc) is 3.35. The molecule has 0 aromatic heterocycles. The Labute approximate surface area is 424 Å². The first-order valence-electron chi connectivity index (χ1n) is 27.7. The Morgan fingerprint density at radius 3 is 0.971 bits per heavy atom. The van der Waals surface area contributed by atoms with Gasteiger partial charge in [0.25, 0.3) is 0 Å². The molecule has 0 unspecified atom stereocenters. The zero-order valence-corrected chi connectivity index (χ0v) is 44.3. The number of hydrogen-bond donors (Lipinski definition) is 0. The van der Waals surface area contributed by atoms with E-state index in [1.165, 1.54) is 64.2 Å². The molecule has 6 heteroatoms. The summed E-state index contributed by atoms with van der Waals surface area (Å²) in [5, 5.41) is 0. The van der Waals surface area contributed by atoms with Crippen molar-refractivity contribution in [2.24, 2.45) is 0 Å². The summed E-state index contributed by atoms with van der Waals surface area (Å²) in [5.74, 6) is -1.04. The molecular weight excluding hydrogens is 853 g/mol. The zero-order chi connectivity index (χ0) is 50.0. The van der Waals surface area contributed by atoms with E-state index in [1.807, 2.05) is 12.2 Å². The van der Waals surface area contributed by atoms with Crippen molar-refractivity contribution in [3.8, 4) is 0 Å². The van der Waals surface area contributed by atoms with Crippen LogP contribution in [0, 0.1) is 0 Å². The van der Waals surface area contributed by atoms with Gasteiger partial charge in [-0.1, -0.05) is 238 Å². The molecule has 0 aliphatic carbocycles. The van der Waals surface area contributed by atoms with Crippen LogP contribution in [0.25, 0.3) is 0 Å². The summed E-state index contributed by atoms with van der Waals surface area (Å²) in [5.41, 5.74) is 0. The van der Waals surface area contributed by atoms with Crippen molar-refractivity contribution in [2.45, 2.75) is 232 Å². The molecule has 0 aromatic carbocycles. The van der Waals surface area contributed by atoms with Gasteiger partial charge >= 0.3 is 17.9 Å². The van der Waals surface area contributed by atoms with E-state index in [1.54, 1.807) is 0 Å². The second-order valence-electron chi connectivity index (χ2n) is 17.7. The Morgan fingerprint density at radius 2 is 0.594 bits per heavy atom. The average molecular weight is 953 g/mol. The van der Waals surface area contributed by atoms with Crippen LogP contribution in [0.3, 0.4) is 0 Å². The predicted octanol–water partition coefficient (Wildman–Crippen LogP) is 18.6. The van der Waals surface area contributed by atoms with Gasteiger partial charge in [-0.2, -0.15) is 0 Å². The van der Waals surface area contributed by atoms with Crippen LogP contribution >= 0.6 is 0 Å². The van der Waals surface area contributed by atoms with Gasteiger partial charge in [-0.15, -0.1) is 0 Å². The fraction of sp³-hybridized carbons (Fsp3) is 0.603. The van der Waals surface area contributed by atoms with E-state index in [2.05, 4.69) is 142 Å². The lowest BCUT2D eigenvalue weighted by Gasteiger charge is -2.18. The standard InChI is InChI=1S/C63H100O6/c1-4-7-10-13-16-19-22-25-27-29-31-33-35-38-41-44-47-50-53-56-62(65)68-59-60(58-67-61(64)55-52-49-46-43-40-37-24-21-18-15-12-9-6-3)69-63(66)57-54-51-48-45-42-39-36-34-32-30-28-26-23-20-17-14-11-8-5-2/h7-8,10-11,16-17,19-20,25-28,31-34,38-39,41-42,47,50,60H,4-6,9,12-15,18,21-24,29-30,35-37,40,43-46,48-49,51-59H2,1-3H3/b10-7-,11-8-,19-16-,20-17-,27-25-,28-26-,33-31-,34-32-,41-38-,42-39-,50-47-/t60-/m1/s1. The van der Waals surface area contributed by atoms with Crippen molar-refractivity contribution < 1.29 is 28.6 Å². The number of hydrogen-bond acceptors (Lipinski definition) is 6. The summed E-state index contributed by atoms with van der Waals surface area (Å²) in [6.07, 6.45) is 78.8. The van der Waals surface area contributed by atoms with Crippen LogP contribution in [0.4, 0.5) is 0 Å². The molecule has 0 spiro atoms. The molecule has 0 heterocycles. The molecule has 0 saturated carbocycles. The minimum atomic E-state index is -0.829. The lowest BCUT2D eigenvalue weighted by Crippen LogP contribution is -2.30. The molecule has 1 atom stereocenters. The van der Waals surface area contributed by atoms with Crippen LogP contribution in [0.1, 0.15) is 226 Å². The molecule has 69 heavy (non-hydrogen) atoms. The Bertz CT molecular complexity index is 1510. The highest BCUT2D eigenvalue weighted by Crippen LogP contribution is 2.14. The minimum absolute atomic E-state index is 0.118. The first-order chi connectivity index (χ1) is 34.0. The molecule has 0 radical (unpaired) electrons. The largest absolute Gasteiger partial charge is 0.462 e. The number of esters is 3. The van der Waals surface area contributed by atoms with Gasteiger partial charge in [-0.05, 0) is 103 Å². The molecule has 0 saturated heterocycles. The van der Waals surface area contributed by atoms with E-state index in [4.69, 9.17) is 14.2 Å². The van der Waals surface area contributed by atoms with E-state index < -0.39 is 6.10 Å². The molecule has 388 valence electrons. The third-order valence-corrected chi connectivity index (χ3v) is 11.2. The molecule has 0 rings (SSSR count). The van der Waals surface area contributed by atoms with Crippen molar-refractivity contribution in [2.75, 3.05) is 13.2 Å². The SMILES string of the molecule is CC/C=C\C/C=C\C/C=C\C/C=C\C/C=C\C/C=C\CCC(=O)OC[C@@H](COC(=O)CCCCCCCCCCCCCCC)OC(=O)CCCCC/C=C\C/C=C\C/C=C\C/C=C\C/C=C\CC. The maximum atomic E-state index is 12.8. The van der Waals surface area contributed by atoms with Crippen LogP contribution < -0.4 is 0 Å². The smallest absolute Gasteiger partial charge is 0.306 e. The van der Waals surface area contributed by atoms with E-state index in [0.29, 0.717) is 19.3 Å². The molecule has 0 aliphatic heterocycles. The number of carbonyl (C=O) groups excluding carboxylic acids is 3. The number of carbonyl (C=O) groups is 3. The third kappa shape index (κ3) is 54.4. The second kappa shape index (κ2) is 56.1. The van der Waals surface area contributed by atoms with Gasteiger partial charge in [0.2, 0.25) is 0 Å². The van der Waals surface area contributed by atoms with Gasteiger partial charge in [0.15, 0.2) is 6.10 Å². The summed E-state index contributed by atoms with van der Waals surface area (Å²) in [7, 11) is 0. The van der Waals surface area contributed by atoms with Gasteiger partial charge in [0.1, 0.15) is 13.2 Å². The number of ether oxygens (including phenoxy) is 3. The van der Waals surface area contributed by atoms with Gasteiger partial charge in [0, 0.05) is 19.3 Å². The lowest BCUT2D eigenvalue weighted by atomic mass is 10.0. The predicted molar refractivity (Wildman–Crippen MR) is 297 cm³/mol. The molecule has 6 nitrogen and oxygen atoms in total. The fourth-order valence-electron chi connectivity index (χ4n) is 7.08. The van der Waals surface area contributed by atoms with Crippen LogP contribution in [0.2, 0.25) is 0 Å². The Kier molecular flexibility index (Phi) is 52.5. The maximum absolute atomic E-state index is 12.8. The van der Waals surface area contributed by atoms with Gasteiger partial charge in [-0.3, -0.25) is 14.4 Å². The number of allylic oxidation sites excluding steroid dienone is 22. The van der Waals surface area contributed by atoms with Crippen molar-refractivity contribution in [3.05, 3.63) is 134 Å². The molecule has 0 aromatic rings. The zero-order valence-electron chi connectivity index (χ0n) is 44.3. The first kappa shape index (κ1) is 64.5. The van der Waals surface area contributed by atoms with Crippen molar-refractivity contribution >= 4 is 17.9 Å². The Hall–Kier alpha value is -4.45. The van der Waals surface area contributed by atoms with Crippen LogP contribution in [-0.2, 0) is 28.6 Å². The number of rotatable bonds is 48. The summed E-state index contributed by atoms with van der Waals surface area (Å²) < 4.78 is 16.7. The molecule has 0 aliphatic rings. The van der Waals surface area contributed by atoms with Gasteiger partial charge < -0.3 is 14.2 Å². The normalized spacial score (nSPS) is 13.1. The topological polar surface area (TPSA) is 78.9 Å². The second-order valence-corrected chi connectivity index (χ2v) is 17.7. The van der Waals surface area contributed by atoms with Crippen LogP contribution in [-0.4, -0.2) is 37.2 Å². The van der Waals surface area contributed by atoms with E-state index in [0.717, 1.165) is 109 Å². The fourth-order valence-corrected chi connectivity index (χ4v) is 7.08. The van der Waals surface area contributed by atoms with Crippen LogP contribution in [0.15, 0.2) is 134 Å². The highest BCUT2D eigenvalue weighted by atomic mass is 16.6.